The smallest absolute Gasteiger partial charge is 0.253 e. The van der Waals surface area contributed by atoms with Crippen LogP contribution in [0.2, 0.25) is 5.02 Å². The molecule has 0 aromatic heterocycles. The molecular weight excluding hydrogens is 277 g/mol. The highest BCUT2D eigenvalue weighted by Crippen LogP contribution is 2.20. The van der Waals surface area contributed by atoms with Gasteiger partial charge in [0.2, 0.25) is 0 Å². The lowest BCUT2D eigenvalue weighted by Gasteiger charge is -2.16. The average molecular weight is 291 g/mol. The van der Waals surface area contributed by atoms with Gasteiger partial charge < -0.3 is 4.90 Å². The van der Waals surface area contributed by atoms with Gasteiger partial charge in [-0.2, -0.15) is 0 Å². The third kappa shape index (κ3) is 3.50. The van der Waals surface area contributed by atoms with Gasteiger partial charge in [0, 0.05) is 28.7 Å². The van der Waals surface area contributed by atoms with Gasteiger partial charge >= 0.3 is 0 Å². The summed E-state index contributed by atoms with van der Waals surface area (Å²) in [5.74, 6) is 0.0000463. The van der Waals surface area contributed by atoms with Crippen LogP contribution in [0.25, 0.3) is 0 Å². The first-order valence-electron chi connectivity index (χ1n) is 4.76. The molecule has 1 aromatic carbocycles. The Labute approximate surface area is 103 Å². The van der Waals surface area contributed by atoms with Crippen LogP contribution in [0.15, 0.2) is 22.7 Å². The lowest BCUT2D eigenvalue weighted by Crippen LogP contribution is -2.27. The van der Waals surface area contributed by atoms with Crippen molar-refractivity contribution in [2.75, 3.05) is 13.6 Å². The summed E-state index contributed by atoms with van der Waals surface area (Å²) in [6, 6.07) is 5.22. The second-order valence-corrected chi connectivity index (χ2v) is 4.74. The largest absolute Gasteiger partial charge is 0.342 e. The Morgan fingerprint density at radius 1 is 1.47 bits per heavy atom. The summed E-state index contributed by atoms with van der Waals surface area (Å²) >= 11 is 9.19. The maximum absolute atomic E-state index is 11.9. The number of amides is 1. The zero-order valence-electron chi connectivity index (χ0n) is 8.76. The van der Waals surface area contributed by atoms with Crippen molar-refractivity contribution in [3.63, 3.8) is 0 Å². The molecule has 0 bridgehead atoms. The third-order valence-corrected chi connectivity index (χ3v) is 2.69. The molecule has 15 heavy (non-hydrogen) atoms. The summed E-state index contributed by atoms with van der Waals surface area (Å²) < 4.78 is 0.822. The molecule has 0 N–H and O–H groups in total. The van der Waals surface area contributed by atoms with Gasteiger partial charge in [-0.1, -0.05) is 34.5 Å². The number of nitrogens with zero attached hydrogens (tertiary/aromatic N) is 1. The number of carbonyl (C=O) groups is 1. The van der Waals surface area contributed by atoms with Crippen LogP contribution in [0.5, 0.6) is 0 Å². The Morgan fingerprint density at radius 2 is 2.13 bits per heavy atom. The van der Waals surface area contributed by atoms with E-state index in [1.54, 1.807) is 30.1 Å². The summed E-state index contributed by atoms with van der Waals surface area (Å²) in [5, 5.41) is 0.567. The molecule has 82 valence electrons. The molecule has 0 saturated carbocycles. The zero-order chi connectivity index (χ0) is 11.4. The van der Waals surface area contributed by atoms with Crippen LogP contribution in [0.3, 0.4) is 0 Å². The van der Waals surface area contributed by atoms with Gasteiger partial charge in [-0.25, -0.2) is 0 Å². The van der Waals surface area contributed by atoms with Gasteiger partial charge in [-0.15, -0.1) is 0 Å². The second kappa shape index (κ2) is 5.52. The van der Waals surface area contributed by atoms with Crippen LogP contribution in [0, 0.1) is 0 Å². The van der Waals surface area contributed by atoms with Crippen LogP contribution in [0.4, 0.5) is 0 Å². The minimum atomic E-state index is 0.0000463. The van der Waals surface area contributed by atoms with Crippen molar-refractivity contribution in [1.29, 1.82) is 0 Å². The van der Waals surface area contributed by atoms with Crippen molar-refractivity contribution in [3.05, 3.63) is 33.3 Å². The number of halogens is 2. The third-order valence-electron chi connectivity index (χ3n) is 2.02. The van der Waals surface area contributed by atoms with Gasteiger partial charge in [0.05, 0.1) is 0 Å². The standard InChI is InChI=1S/C11H13BrClNO/c1-3-4-14(2)11(15)8-5-9(12)7-10(13)6-8/h5-7H,3-4H2,1-2H3. The monoisotopic (exact) mass is 289 g/mol. The molecule has 4 heteroatoms. The first kappa shape index (κ1) is 12.5. The average Bonchev–Trinajstić information content (AvgIpc) is 2.15. The quantitative estimate of drug-likeness (QED) is 0.833. The summed E-state index contributed by atoms with van der Waals surface area (Å²) in [7, 11) is 1.79. The molecule has 1 aromatic rings. The van der Waals surface area contributed by atoms with Crippen LogP contribution >= 0.6 is 27.5 Å². The van der Waals surface area contributed by atoms with Crippen LogP contribution in [0.1, 0.15) is 23.7 Å². The Kier molecular flexibility index (Phi) is 4.61. The van der Waals surface area contributed by atoms with Crippen LogP contribution < -0.4 is 0 Å². The molecule has 0 aliphatic heterocycles. The first-order chi connectivity index (χ1) is 7.04. The summed E-state index contributed by atoms with van der Waals surface area (Å²) in [5.41, 5.74) is 0.616. The molecule has 0 atom stereocenters. The number of hydrogen-bond acceptors (Lipinski definition) is 1. The summed E-state index contributed by atoms with van der Waals surface area (Å²) in [6.07, 6.45) is 0.948. The Hall–Kier alpha value is -0.540. The molecule has 1 amide bonds. The fourth-order valence-electron chi connectivity index (χ4n) is 1.33. The van der Waals surface area contributed by atoms with E-state index in [0.29, 0.717) is 10.6 Å². The van der Waals surface area contributed by atoms with E-state index in [0.717, 1.165) is 17.4 Å². The van der Waals surface area contributed by atoms with Crippen LogP contribution in [-0.2, 0) is 0 Å². The van der Waals surface area contributed by atoms with Gasteiger partial charge in [0.25, 0.3) is 5.91 Å². The number of rotatable bonds is 3. The lowest BCUT2D eigenvalue weighted by atomic mass is 10.2. The number of carbonyl (C=O) groups excluding carboxylic acids is 1. The normalized spacial score (nSPS) is 10.1. The van der Waals surface area contributed by atoms with E-state index < -0.39 is 0 Å². The molecular formula is C11H13BrClNO. The molecule has 0 saturated heterocycles. The van der Waals surface area contributed by atoms with E-state index in [1.807, 2.05) is 6.92 Å². The molecule has 0 unspecified atom stereocenters. The molecule has 0 radical (unpaired) electrons. The van der Waals surface area contributed by atoms with Crippen molar-refractivity contribution in [1.82, 2.24) is 4.90 Å². The summed E-state index contributed by atoms with van der Waals surface area (Å²) in [4.78, 5) is 13.6. The minimum Gasteiger partial charge on any atom is -0.342 e. The van der Waals surface area contributed by atoms with E-state index in [1.165, 1.54) is 0 Å². The Morgan fingerprint density at radius 3 is 2.67 bits per heavy atom. The second-order valence-electron chi connectivity index (χ2n) is 3.38. The van der Waals surface area contributed by atoms with Crippen molar-refractivity contribution in [2.45, 2.75) is 13.3 Å². The molecule has 0 spiro atoms. The molecule has 0 aliphatic carbocycles. The van der Waals surface area contributed by atoms with Crippen molar-refractivity contribution in [3.8, 4) is 0 Å². The first-order valence-corrected chi connectivity index (χ1v) is 5.93. The van der Waals surface area contributed by atoms with Crippen molar-refractivity contribution in [2.24, 2.45) is 0 Å². The molecule has 0 aliphatic rings. The molecule has 0 heterocycles. The SMILES string of the molecule is CCCN(C)C(=O)c1cc(Cl)cc(Br)c1. The lowest BCUT2D eigenvalue weighted by molar-refractivity contribution is 0.0795. The van der Waals surface area contributed by atoms with E-state index in [9.17, 15) is 4.79 Å². The Bertz CT molecular complexity index is 347. The number of benzene rings is 1. The highest BCUT2D eigenvalue weighted by Gasteiger charge is 2.11. The maximum Gasteiger partial charge on any atom is 0.253 e. The van der Waals surface area contributed by atoms with E-state index >= 15 is 0 Å². The van der Waals surface area contributed by atoms with Gasteiger partial charge in [-0.3, -0.25) is 4.79 Å². The highest BCUT2D eigenvalue weighted by molar-refractivity contribution is 9.10. The van der Waals surface area contributed by atoms with Crippen molar-refractivity contribution < 1.29 is 4.79 Å². The van der Waals surface area contributed by atoms with E-state index in [2.05, 4.69) is 15.9 Å². The fourth-order valence-corrected chi connectivity index (χ4v) is 2.19. The van der Waals surface area contributed by atoms with E-state index in [-0.39, 0.29) is 5.91 Å². The molecule has 1 rings (SSSR count). The predicted octanol–water partition coefficient (Wildman–Crippen LogP) is 3.58. The van der Waals surface area contributed by atoms with Crippen LogP contribution in [-0.4, -0.2) is 24.4 Å². The Balaban J connectivity index is 2.90. The minimum absolute atomic E-state index is 0.0000463. The van der Waals surface area contributed by atoms with Crippen molar-refractivity contribution >= 4 is 33.4 Å². The number of hydrogen-bond donors (Lipinski definition) is 0. The zero-order valence-corrected chi connectivity index (χ0v) is 11.1. The predicted molar refractivity (Wildman–Crippen MR) is 66.4 cm³/mol. The van der Waals surface area contributed by atoms with E-state index in [4.69, 9.17) is 11.6 Å². The maximum atomic E-state index is 11.9. The van der Waals surface area contributed by atoms with Gasteiger partial charge in [-0.05, 0) is 24.6 Å². The fraction of sp³-hybridized carbons (Fsp3) is 0.364. The van der Waals surface area contributed by atoms with Gasteiger partial charge in [0.1, 0.15) is 0 Å². The summed E-state index contributed by atoms with van der Waals surface area (Å²) in [6.45, 7) is 2.79. The molecule has 2 nitrogen and oxygen atoms in total. The van der Waals surface area contributed by atoms with Gasteiger partial charge in [0.15, 0.2) is 0 Å². The molecule has 0 fully saturated rings. The topological polar surface area (TPSA) is 20.3 Å². The highest BCUT2D eigenvalue weighted by atomic mass is 79.9.